The maximum Gasteiger partial charge on any atom is 0.348 e. The average molecular weight is 357 g/mol. The molecular formula is C18H19N3O3S. The van der Waals surface area contributed by atoms with Gasteiger partial charge in [-0.1, -0.05) is 26.0 Å². The Balaban J connectivity index is 1.98. The number of ether oxygens (including phenoxy) is 1. The van der Waals surface area contributed by atoms with Crippen molar-refractivity contribution in [3.63, 3.8) is 0 Å². The van der Waals surface area contributed by atoms with Crippen LogP contribution in [0.3, 0.4) is 0 Å². The molecule has 0 aliphatic rings. The predicted molar refractivity (Wildman–Crippen MR) is 98.7 cm³/mol. The molecular weight excluding hydrogens is 338 g/mol. The molecule has 1 aromatic carbocycles. The second kappa shape index (κ2) is 7.06. The number of hydrogen-bond acceptors (Lipinski definition) is 7. The zero-order valence-corrected chi connectivity index (χ0v) is 15.1. The van der Waals surface area contributed by atoms with E-state index in [1.165, 1.54) is 17.7 Å². The van der Waals surface area contributed by atoms with Crippen molar-refractivity contribution in [2.75, 3.05) is 11.9 Å². The molecule has 0 aliphatic heterocycles. The lowest BCUT2D eigenvalue weighted by Crippen LogP contribution is -2.09. The molecule has 0 atom stereocenters. The van der Waals surface area contributed by atoms with Crippen molar-refractivity contribution < 1.29 is 14.6 Å². The summed E-state index contributed by atoms with van der Waals surface area (Å²) in [6.07, 6.45) is 1.43. The lowest BCUT2D eigenvalue weighted by Gasteiger charge is -2.09. The quantitative estimate of drug-likeness (QED) is 0.524. The first-order chi connectivity index (χ1) is 12.0. The number of nitrogens with one attached hydrogen (secondary N) is 1. The highest BCUT2D eigenvalue weighted by Crippen LogP contribution is 2.36. The number of esters is 1. The summed E-state index contributed by atoms with van der Waals surface area (Å²) >= 11 is 1.28. The SMILES string of the molecule is Cc1c(C(=O)OCC(C)C)sc2ncnc(Nc3ccccc3O)c12. The Morgan fingerprint density at radius 1 is 1.32 bits per heavy atom. The Bertz CT molecular complexity index is 921. The van der Waals surface area contributed by atoms with E-state index in [0.29, 0.717) is 27.8 Å². The molecule has 0 amide bonds. The number of anilines is 2. The van der Waals surface area contributed by atoms with E-state index < -0.39 is 0 Å². The van der Waals surface area contributed by atoms with Crippen LogP contribution in [0.2, 0.25) is 0 Å². The summed E-state index contributed by atoms with van der Waals surface area (Å²) in [7, 11) is 0. The highest BCUT2D eigenvalue weighted by atomic mass is 32.1. The highest BCUT2D eigenvalue weighted by Gasteiger charge is 2.21. The fourth-order valence-corrected chi connectivity index (χ4v) is 3.42. The summed E-state index contributed by atoms with van der Waals surface area (Å²) in [5, 5.41) is 13.8. The molecule has 6 nitrogen and oxygen atoms in total. The van der Waals surface area contributed by atoms with E-state index in [1.807, 2.05) is 26.8 Å². The molecule has 7 heteroatoms. The summed E-state index contributed by atoms with van der Waals surface area (Å²) in [5.41, 5.74) is 1.31. The van der Waals surface area contributed by atoms with Crippen LogP contribution in [-0.2, 0) is 4.74 Å². The number of benzene rings is 1. The second-order valence-corrected chi connectivity index (χ2v) is 7.09. The molecule has 0 fully saturated rings. The first-order valence-corrected chi connectivity index (χ1v) is 8.75. The fourth-order valence-electron chi connectivity index (χ4n) is 2.38. The van der Waals surface area contributed by atoms with Crippen LogP contribution in [0.4, 0.5) is 11.5 Å². The van der Waals surface area contributed by atoms with Gasteiger partial charge in [0.1, 0.15) is 27.6 Å². The average Bonchev–Trinajstić information content (AvgIpc) is 2.93. The Hall–Kier alpha value is -2.67. The van der Waals surface area contributed by atoms with E-state index in [0.717, 1.165) is 10.9 Å². The molecule has 0 bridgehead atoms. The first-order valence-electron chi connectivity index (χ1n) is 7.93. The number of rotatable bonds is 5. The van der Waals surface area contributed by atoms with Gasteiger partial charge in [0.2, 0.25) is 0 Å². The molecule has 2 heterocycles. The van der Waals surface area contributed by atoms with Gasteiger partial charge in [-0.25, -0.2) is 14.8 Å². The Morgan fingerprint density at radius 2 is 2.08 bits per heavy atom. The van der Waals surface area contributed by atoms with E-state index in [4.69, 9.17) is 4.74 Å². The molecule has 2 aromatic heterocycles. The van der Waals surface area contributed by atoms with Crippen molar-refractivity contribution in [2.45, 2.75) is 20.8 Å². The minimum Gasteiger partial charge on any atom is -0.506 e. The smallest absolute Gasteiger partial charge is 0.348 e. The third-order valence-electron chi connectivity index (χ3n) is 3.62. The number of phenols is 1. The number of para-hydroxylation sites is 2. The number of thiophene rings is 1. The summed E-state index contributed by atoms with van der Waals surface area (Å²) in [6.45, 7) is 6.21. The van der Waals surface area contributed by atoms with Gasteiger partial charge in [-0.05, 0) is 30.5 Å². The summed E-state index contributed by atoms with van der Waals surface area (Å²) < 4.78 is 5.34. The molecule has 25 heavy (non-hydrogen) atoms. The van der Waals surface area contributed by atoms with Gasteiger partial charge in [0.05, 0.1) is 17.7 Å². The zero-order valence-electron chi connectivity index (χ0n) is 14.2. The van der Waals surface area contributed by atoms with Gasteiger partial charge in [-0.3, -0.25) is 0 Å². The van der Waals surface area contributed by atoms with Crippen LogP contribution in [-0.4, -0.2) is 27.7 Å². The number of carbonyl (C=O) groups is 1. The molecule has 0 saturated heterocycles. The van der Waals surface area contributed by atoms with Gasteiger partial charge in [0, 0.05) is 0 Å². The number of aromatic hydroxyl groups is 1. The van der Waals surface area contributed by atoms with E-state index in [-0.39, 0.29) is 17.6 Å². The van der Waals surface area contributed by atoms with Gasteiger partial charge >= 0.3 is 5.97 Å². The topological polar surface area (TPSA) is 84.3 Å². The molecule has 0 aliphatic carbocycles. The van der Waals surface area contributed by atoms with Crippen molar-refractivity contribution in [3.8, 4) is 5.75 Å². The largest absolute Gasteiger partial charge is 0.506 e. The van der Waals surface area contributed by atoms with Crippen molar-refractivity contribution in [1.29, 1.82) is 0 Å². The normalized spacial score (nSPS) is 11.0. The number of carbonyl (C=O) groups excluding carboxylic acids is 1. The molecule has 3 aromatic rings. The highest BCUT2D eigenvalue weighted by molar-refractivity contribution is 7.20. The lowest BCUT2D eigenvalue weighted by atomic mass is 10.2. The first kappa shape index (κ1) is 17.2. The zero-order chi connectivity index (χ0) is 18.0. The predicted octanol–water partition coefficient (Wildman–Crippen LogP) is 4.26. The van der Waals surface area contributed by atoms with Gasteiger partial charge in [0.25, 0.3) is 0 Å². The number of fused-ring (bicyclic) bond motifs is 1. The van der Waals surface area contributed by atoms with E-state index in [9.17, 15) is 9.90 Å². The number of phenolic OH excluding ortho intramolecular Hbond substituents is 1. The number of hydrogen-bond donors (Lipinski definition) is 2. The number of aromatic nitrogens is 2. The van der Waals surface area contributed by atoms with Gasteiger partial charge in [-0.2, -0.15) is 0 Å². The molecule has 2 N–H and O–H groups in total. The van der Waals surface area contributed by atoms with E-state index >= 15 is 0 Å². The van der Waals surface area contributed by atoms with E-state index in [2.05, 4.69) is 15.3 Å². The Labute approximate surface area is 149 Å². The van der Waals surface area contributed by atoms with Crippen LogP contribution >= 0.6 is 11.3 Å². The summed E-state index contributed by atoms with van der Waals surface area (Å²) in [4.78, 5) is 22.1. The lowest BCUT2D eigenvalue weighted by molar-refractivity contribution is 0.0464. The maximum atomic E-state index is 12.3. The standard InChI is InChI=1S/C18H19N3O3S/c1-10(2)8-24-18(23)15-11(3)14-16(19-9-20-17(14)25-15)21-12-6-4-5-7-13(12)22/h4-7,9-10,22H,8H2,1-3H3,(H,19,20,21). The van der Waals surface area contributed by atoms with Crippen molar-refractivity contribution >= 4 is 39.0 Å². The van der Waals surface area contributed by atoms with Crippen LogP contribution in [0.5, 0.6) is 5.75 Å². The number of aryl methyl sites for hydroxylation is 1. The van der Waals surface area contributed by atoms with Gasteiger partial charge in [-0.15, -0.1) is 11.3 Å². The van der Waals surface area contributed by atoms with Gasteiger partial charge in [0.15, 0.2) is 0 Å². The monoisotopic (exact) mass is 357 g/mol. The van der Waals surface area contributed by atoms with Crippen LogP contribution in [0.25, 0.3) is 10.2 Å². The van der Waals surface area contributed by atoms with Crippen LogP contribution in [0.1, 0.15) is 29.1 Å². The van der Waals surface area contributed by atoms with Crippen molar-refractivity contribution in [1.82, 2.24) is 9.97 Å². The third kappa shape index (κ3) is 3.56. The third-order valence-corrected chi connectivity index (χ3v) is 4.80. The second-order valence-electron chi connectivity index (χ2n) is 6.09. The van der Waals surface area contributed by atoms with E-state index in [1.54, 1.807) is 18.2 Å². The van der Waals surface area contributed by atoms with Crippen LogP contribution < -0.4 is 5.32 Å². The minimum absolute atomic E-state index is 0.124. The summed E-state index contributed by atoms with van der Waals surface area (Å²) in [5.74, 6) is 0.598. The number of nitrogens with zero attached hydrogens (tertiary/aromatic N) is 2. The van der Waals surface area contributed by atoms with Crippen LogP contribution in [0, 0.1) is 12.8 Å². The Morgan fingerprint density at radius 3 is 2.80 bits per heavy atom. The molecule has 0 saturated carbocycles. The molecule has 0 radical (unpaired) electrons. The molecule has 3 rings (SSSR count). The minimum atomic E-state index is -0.345. The molecule has 130 valence electrons. The summed E-state index contributed by atoms with van der Waals surface area (Å²) in [6, 6.07) is 6.91. The van der Waals surface area contributed by atoms with Crippen molar-refractivity contribution in [3.05, 3.63) is 41.0 Å². The fraction of sp³-hybridized carbons (Fsp3) is 0.278. The van der Waals surface area contributed by atoms with Crippen LogP contribution in [0.15, 0.2) is 30.6 Å². The maximum absolute atomic E-state index is 12.3. The molecule has 0 unspecified atom stereocenters. The van der Waals surface area contributed by atoms with Crippen molar-refractivity contribution in [2.24, 2.45) is 5.92 Å². The van der Waals surface area contributed by atoms with Gasteiger partial charge < -0.3 is 15.2 Å². The Kier molecular flexibility index (Phi) is 4.85. The molecule has 0 spiro atoms.